The van der Waals surface area contributed by atoms with Crippen molar-refractivity contribution in [3.05, 3.63) is 28.8 Å². The summed E-state index contributed by atoms with van der Waals surface area (Å²) in [5.74, 6) is 1.03. The molecule has 2 heteroatoms. The van der Waals surface area contributed by atoms with Gasteiger partial charge < -0.3 is 10.5 Å². The minimum Gasteiger partial charge on any atom is -0.493 e. The smallest absolute Gasteiger partial charge is 0.123 e. The van der Waals surface area contributed by atoms with E-state index in [9.17, 15) is 0 Å². The fourth-order valence-corrected chi connectivity index (χ4v) is 2.07. The van der Waals surface area contributed by atoms with Crippen LogP contribution in [0.15, 0.2) is 12.1 Å². The van der Waals surface area contributed by atoms with Gasteiger partial charge in [-0.2, -0.15) is 0 Å². The van der Waals surface area contributed by atoms with Gasteiger partial charge >= 0.3 is 0 Å². The molecule has 0 aliphatic rings. The Kier molecular flexibility index (Phi) is 5.21. The summed E-state index contributed by atoms with van der Waals surface area (Å²) in [5.41, 5.74) is 9.67. The number of ether oxygens (including phenoxy) is 1. The molecule has 0 aliphatic carbocycles. The lowest BCUT2D eigenvalue weighted by Gasteiger charge is -2.25. The standard InChI is InChI=1S/C16H27NO/c1-6-9-18-15-10-12(2)13(7-8-17)11-14(15)16(3,4)5/h10-11H,6-9,17H2,1-5H3. The molecule has 0 bridgehead atoms. The Morgan fingerprint density at radius 3 is 2.39 bits per heavy atom. The minimum absolute atomic E-state index is 0.0973. The molecule has 0 heterocycles. The van der Waals surface area contributed by atoms with Gasteiger partial charge in [-0.3, -0.25) is 0 Å². The number of hydrogen-bond acceptors (Lipinski definition) is 2. The lowest BCUT2D eigenvalue weighted by molar-refractivity contribution is 0.308. The van der Waals surface area contributed by atoms with Crippen LogP contribution in [-0.4, -0.2) is 13.2 Å². The topological polar surface area (TPSA) is 35.2 Å². The average molecular weight is 249 g/mol. The van der Waals surface area contributed by atoms with E-state index in [-0.39, 0.29) is 5.41 Å². The van der Waals surface area contributed by atoms with Crippen molar-refractivity contribution in [2.75, 3.05) is 13.2 Å². The highest BCUT2D eigenvalue weighted by Gasteiger charge is 2.20. The largest absolute Gasteiger partial charge is 0.493 e. The maximum absolute atomic E-state index is 5.90. The van der Waals surface area contributed by atoms with Gasteiger partial charge in [0.1, 0.15) is 5.75 Å². The van der Waals surface area contributed by atoms with E-state index in [0.717, 1.165) is 25.2 Å². The van der Waals surface area contributed by atoms with Crippen molar-refractivity contribution in [3.8, 4) is 5.75 Å². The maximum Gasteiger partial charge on any atom is 0.123 e. The van der Waals surface area contributed by atoms with E-state index in [1.54, 1.807) is 0 Å². The second-order valence-corrected chi connectivity index (χ2v) is 5.91. The number of aryl methyl sites for hydroxylation is 1. The summed E-state index contributed by atoms with van der Waals surface area (Å²) in [7, 11) is 0. The van der Waals surface area contributed by atoms with E-state index in [1.807, 2.05) is 0 Å². The van der Waals surface area contributed by atoms with Crippen LogP contribution in [0.1, 0.15) is 50.8 Å². The van der Waals surface area contributed by atoms with Crippen LogP contribution in [0.4, 0.5) is 0 Å². The molecule has 0 fully saturated rings. The molecule has 1 rings (SSSR count). The SMILES string of the molecule is CCCOc1cc(C)c(CCN)cc1C(C)(C)C. The number of hydrogen-bond donors (Lipinski definition) is 1. The Balaban J connectivity index is 3.19. The molecule has 1 aromatic rings. The minimum atomic E-state index is 0.0973. The lowest BCUT2D eigenvalue weighted by atomic mass is 9.84. The normalized spacial score (nSPS) is 11.7. The average Bonchev–Trinajstić information content (AvgIpc) is 2.28. The van der Waals surface area contributed by atoms with Crippen LogP contribution in [-0.2, 0) is 11.8 Å². The molecule has 0 saturated carbocycles. The summed E-state index contributed by atoms with van der Waals surface area (Å²) < 4.78 is 5.90. The molecule has 18 heavy (non-hydrogen) atoms. The molecule has 0 aromatic heterocycles. The zero-order chi connectivity index (χ0) is 13.8. The Bertz CT molecular complexity index is 391. The summed E-state index contributed by atoms with van der Waals surface area (Å²) in [5, 5.41) is 0. The lowest BCUT2D eigenvalue weighted by Crippen LogP contribution is -2.15. The van der Waals surface area contributed by atoms with Crippen LogP contribution >= 0.6 is 0 Å². The second kappa shape index (κ2) is 6.24. The van der Waals surface area contributed by atoms with Crippen molar-refractivity contribution < 1.29 is 4.74 Å². The summed E-state index contributed by atoms with van der Waals surface area (Å²) >= 11 is 0. The fourth-order valence-electron chi connectivity index (χ4n) is 2.07. The molecule has 1 aromatic carbocycles. The molecule has 102 valence electrons. The first kappa shape index (κ1) is 15.0. The highest BCUT2D eigenvalue weighted by molar-refractivity contribution is 5.45. The molecule has 2 N–H and O–H groups in total. The van der Waals surface area contributed by atoms with Gasteiger partial charge in [0, 0.05) is 0 Å². The Labute approximate surface area is 112 Å². The number of benzene rings is 1. The van der Waals surface area contributed by atoms with Gasteiger partial charge in [-0.1, -0.05) is 33.8 Å². The molecule has 0 aliphatic heterocycles. The van der Waals surface area contributed by atoms with E-state index in [0.29, 0.717) is 6.54 Å². The Morgan fingerprint density at radius 2 is 1.89 bits per heavy atom. The molecule has 2 nitrogen and oxygen atoms in total. The first-order chi connectivity index (χ1) is 8.40. The molecular formula is C16H27NO. The zero-order valence-corrected chi connectivity index (χ0v) is 12.5. The monoisotopic (exact) mass is 249 g/mol. The fraction of sp³-hybridized carbons (Fsp3) is 0.625. The van der Waals surface area contributed by atoms with Crippen molar-refractivity contribution in [1.82, 2.24) is 0 Å². The van der Waals surface area contributed by atoms with Crippen molar-refractivity contribution in [1.29, 1.82) is 0 Å². The van der Waals surface area contributed by atoms with Crippen molar-refractivity contribution in [2.24, 2.45) is 5.73 Å². The van der Waals surface area contributed by atoms with Crippen molar-refractivity contribution in [3.63, 3.8) is 0 Å². The summed E-state index contributed by atoms with van der Waals surface area (Å²) in [4.78, 5) is 0. The number of nitrogens with two attached hydrogens (primary N) is 1. The number of rotatable bonds is 5. The molecule has 0 amide bonds. The highest BCUT2D eigenvalue weighted by Crippen LogP contribution is 2.34. The first-order valence-corrected chi connectivity index (χ1v) is 6.87. The molecular weight excluding hydrogens is 222 g/mol. The summed E-state index contributed by atoms with van der Waals surface area (Å²) in [6, 6.07) is 4.44. The van der Waals surface area contributed by atoms with E-state index in [4.69, 9.17) is 10.5 Å². The molecule has 0 atom stereocenters. The quantitative estimate of drug-likeness (QED) is 0.865. The summed E-state index contributed by atoms with van der Waals surface area (Å²) in [6.45, 7) is 12.4. The van der Waals surface area contributed by atoms with E-state index in [2.05, 4.69) is 46.8 Å². The summed E-state index contributed by atoms with van der Waals surface area (Å²) in [6.07, 6.45) is 1.97. The zero-order valence-electron chi connectivity index (χ0n) is 12.5. The first-order valence-electron chi connectivity index (χ1n) is 6.87. The van der Waals surface area contributed by atoms with E-state index >= 15 is 0 Å². The van der Waals surface area contributed by atoms with Crippen LogP contribution in [0.25, 0.3) is 0 Å². The van der Waals surface area contributed by atoms with Gasteiger partial charge in [-0.05, 0) is 54.5 Å². The van der Waals surface area contributed by atoms with Crippen molar-refractivity contribution in [2.45, 2.75) is 52.9 Å². The van der Waals surface area contributed by atoms with Crippen LogP contribution in [0.2, 0.25) is 0 Å². The highest BCUT2D eigenvalue weighted by atomic mass is 16.5. The second-order valence-electron chi connectivity index (χ2n) is 5.91. The predicted molar refractivity (Wildman–Crippen MR) is 78.4 cm³/mol. The van der Waals surface area contributed by atoms with Crippen molar-refractivity contribution >= 4 is 0 Å². The van der Waals surface area contributed by atoms with Gasteiger partial charge in [0.2, 0.25) is 0 Å². The Hall–Kier alpha value is -1.02. The van der Waals surface area contributed by atoms with Crippen LogP contribution in [0, 0.1) is 6.92 Å². The third-order valence-corrected chi connectivity index (χ3v) is 3.12. The van der Waals surface area contributed by atoms with Crippen LogP contribution in [0.5, 0.6) is 5.75 Å². The molecule has 0 radical (unpaired) electrons. The third-order valence-electron chi connectivity index (χ3n) is 3.12. The van der Waals surface area contributed by atoms with Gasteiger partial charge in [0.05, 0.1) is 6.61 Å². The van der Waals surface area contributed by atoms with Gasteiger partial charge in [-0.15, -0.1) is 0 Å². The van der Waals surface area contributed by atoms with Gasteiger partial charge in [-0.25, -0.2) is 0 Å². The van der Waals surface area contributed by atoms with Crippen LogP contribution < -0.4 is 10.5 Å². The van der Waals surface area contributed by atoms with Gasteiger partial charge in [0.15, 0.2) is 0 Å². The van der Waals surface area contributed by atoms with Gasteiger partial charge in [0.25, 0.3) is 0 Å². The van der Waals surface area contributed by atoms with Crippen LogP contribution in [0.3, 0.4) is 0 Å². The third kappa shape index (κ3) is 3.74. The molecule has 0 unspecified atom stereocenters. The van der Waals surface area contributed by atoms with E-state index in [1.165, 1.54) is 16.7 Å². The predicted octanol–water partition coefficient (Wildman–Crippen LogP) is 3.58. The molecule has 0 spiro atoms. The maximum atomic E-state index is 5.90. The Morgan fingerprint density at radius 1 is 1.22 bits per heavy atom. The molecule has 0 saturated heterocycles. The van der Waals surface area contributed by atoms with E-state index < -0.39 is 0 Å².